The van der Waals surface area contributed by atoms with E-state index in [1.54, 1.807) is 16.7 Å². The van der Waals surface area contributed by atoms with Gasteiger partial charge < -0.3 is 10.5 Å². The molecule has 0 aliphatic heterocycles. The van der Waals surface area contributed by atoms with Crippen LogP contribution in [-0.2, 0) is 0 Å². The summed E-state index contributed by atoms with van der Waals surface area (Å²) in [5, 5.41) is 9.06. The summed E-state index contributed by atoms with van der Waals surface area (Å²) in [7, 11) is 1.51. The van der Waals surface area contributed by atoms with Gasteiger partial charge in [0.25, 0.3) is 0 Å². The van der Waals surface area contributed by atoms with Crippen molar-refractivity contribution in [2.45, 2.75) is 6.92 Å². The maximum atomic E-state index is 9.06. The smallest absolute Gasteiger partial charge is 0.245 e. The van der Waals surface area contributed by atoms with Crippen molar-refractivity contribution in [1.82, 2.24) is 19.5 Å². The first-order valence-electron chi connectivity index (χ1n) is 6.19. The molecule has 0 unspecified atom stereocenters. The van der Waals surface area contributed by atoms with Gasteiger partial charge in [0.05, 0.1) is 24.4 Å². The van der Waals surface area contributed by atoms with E-state index in [2.05, 4.69) is 21.0 Å². The van der Waals surface area contributed by atoms with Gasteiger partial charge in [-0.15, -0.1) is 0 Å². The number of anilines is 1. The summed E-state index contributed by atoms with van der Waals surface area (Å²) < 4.78 is 6.86. The molecule has 0 amide bonds. The number of hydrogen-bond donors (Lipinski definition) is 1. The molecule has 104 valence electrons. The van der Waals surface area contributed by atoms with E-state index < -0.39 is 0 Å². The van der Waals surface area contributed by atoms with Crippen LogP contribution in [0.1, 0.15) is 11.1 Å². The lowest BCUT2D eigenvalue weighted by Crippen LogP contribution is -2.04. The molecule has 0 saturated heterocycles. The fraction of sp³-hybridized carbons (Fsp3) is 0.143. The first-order chi connectivity index (χ1) is 10.2. The van der Waals surface area contributed by atoms with Crippen LogP contribution in [0.15, 0.2) is 24.5 Å². The van der Waals surface area contributed by atoms with Crippen LogP contribution in [0, 0.1) is 18.3 Å². The predicted molar refractivity (Wildman–Crippen MR) is 77.1 cm³/mol. The summed E-state index contributed by atoms with van der Waals surface area (Å²) in [6.07, 6.45) is 1.39. The largest absolute Gasteiger partial charge is 0.479 e. The van der Waals surface area contributed by atoms with Crippen molar-refractivity contribution in [3.8, 4) is 17.6 Å². The van der Waals surface area contributed by atoms with Crippen LogP contribution in [-0.4, -0.2) is 26.6 Å². The molecule has 21 heavy (non-hydrogen) atoms. The molecule has 7 nitrogen and oxygen atoms in total. The van der Waals surface area contributed by atoms with Gasteiger partial charge in [-0.25, -0.2) is 9.97 Å². The van der Waals surface area contributed by atoms with Crippen molar-refractivity contribution in [1.29, 1.82) is 5.26 Å². The number of aromatic nitrogens is 4. The third-order valence-corrected chi connectivity index (χ3v) is 3.21. The van der Waals surface area contributed by atoms with Crippen LogP contribution in [0.5, 0.6) is 5.88 Å². The quantitative estimate of drug-likeness (QED) is 0.764. The maximum Gasteiger partial charge on any atom is 0.245 e. The van der Waals surface area contributed by atoms with Crippen LogP contribution in [0.25, 0.3) is 16.9 Å². The Morgan fingerprint density at radius 1 is 1.33 bits per heavy atom. The molecule has 3 aromatic rings. The zero-order valence-corrected chi connectivity index (χ0v) is 11.5. The molecule has 0 aliphatic rings. The van der Waals surface area contributed by atoms with E-state index in [9.17, 15) is 0 Å². The lowest BCUT2D eigenvalue weighted by Gasteiger charge is -2.09. The predicted octanol–water partition coefficient (Wildman–Crippen LogP) is 1.59. The fourth-order valence-corrected chi connectivity index (χ4v) is 2.20. The monoisotopic (exact) mass is 280 g/mol. The van der Waals surface area contributed by atoms with Crippen LogP contribution >= 0.6 is 0 Å². The first-order valence-corrected chi connectivity index (χ1v) is 6.19. The number of ether oxygens (including phenoxy) is 1. The fourth-order valence-electron chi connectivity index (χ4n) is 2.20. The van der Waals surface area contributed by atoms with Crippen LogP contribution in [0.4, 0.5) is 5.95 Å². The third kappa shape index (κ3) is 1.94. The number of hydrogen-bond acceptors (Lipinski definition) is 6. The molecule has 0 aliphatic carbocycles. The van der Waals surface area contributed by atoms with Crippen molar-refractivity contribution in [3.05, 3.63) is 35.7 Å². The van der Waals surface area contributed by atoms with Crippen molar-refractivity contribution in [2.75, 3.05) is 12.8 Å². The highest BCUT2D eigenvalue weighted by Crippen LogP contribution is 2.28. The van der Waals surface area contributed by atoms with Gasteiger partial charge in [0.1, 0.15) is 6.33 Å². The zero-order valence-electron chi connectivity index (χ0n) is 11.5. The van der Waals surface area contributed by atoms with Gasteiger partial charge in [-0.05, 0) is 24.6 Å². The highest BCUT2D eigenvalue weighted by molar-refractivity contribution is 5.81. The number of nitrogens with two attached hydrogens (primary N) is 1. The van der Waals surface area contributed by atoms with Crippen LogP contribution < -0.4 is 10.5 Å². The van der Waals surface area contributed by atoms with Crippen molar-refractivity contribution in [3.63, 3.8) is 0 Å². The van der Waals surface area contributed by atoms with Crippen LogP contribution in [0.3, 0.4) is 0 Å². The Morgan fingerprint density at radius 3 is 2.86 bits per heavy atom. The Morgan fingerprint density at radius 2 is 2.14 bits per heavy atom. The molecule has 2 N–H and O–H groups in total. The van der Waals surface area contributed by atoms with Gasteiger partial charge in [-0.1, -0.05) is 6.07 Å². The number of nitrogens with zero attached hydrogens (tertiary/aromatic N) is 5. The van der Waals surface area contributed by atoms with Crippen LogP contribution in [0.2, 0.25) is 0 Å². The molecule has 1 aromatic carbocycles. The summed E-state index contributed by atoms with van der Waals surface area (Å²) >= 11 is 0. The lowest BCUT2D eigenvalue weighted by molar-refractivity contribution is 0.401. The highest BCUT2D eigenvalue weighted by atomic mass is 16.5. The first kappa shape index (κ1) is 12.9. The van der Waals surface area contributed by atoms with Crippen molar-refractivity contribution in [2.24, 2.45) is 0 Å². The average molecular weight is 280 g/mol. The number of aryl methyl sites for hydroxylation is 1. The van der Waals surface area contributed by atoms with E-state index in [4.69, 9.17) is 15.7 Å². The zero-order chi connectivity index (χ0) is 15.0. The Labute approximate surface area is 120 Å². The molecule has 0 radical (unpaired) electrons. The molecule has 2 aromatic heterocycles. The minimum atomic E-state index is 0.266. The minimum Gasteiger partial charge on any atom is -0.479 e. The third-order valence-electron chi connectivity index (χ3n) is 3.21. The number of fused-ring (bicyclic) bond motifs is 1. The van der Waals surface area contributed by atoms with E-state index in [1.807, 2.05) is 13.0 Å². The van der Waals surface area contributed by atoms with E-state index in [0.717, 1.165) is 11.3 Å². The normalized spacial score (nSPS) is 10.5. The Bertz CT molecular complexity index is 877. The van der Waals surface area contributed by atoms with E-state index in [0.29, 0.717) is 22.6 Å². The number of rotatable bonds is 2. The van der Waals surface area contributed by atoms with E-state index >= 15 is 0 Å². The second kappa shape index (κ2) is 4.76. The standard InChI is InChI=1S/C14H12N6O/c1-8-3-4-9(6-15)5-10(8)20-12-11(19-14(20)16)13(21-2)18-7-17-12/h3-5,7H,1-2H3,(H2,16,19). The number of nitriles is 1. The van der Waals surface area contributed by atoms with E-state index in [-0.39, 0.29) is 5.95 Å². The van der Waals surface area contributed by atoms with Crippen molar-refractivity contribution >= 4 is 17.1 Å². The average Bonchev–Trinajstić information content (AvgIpc) is 2.83. The molecule has 0 fully saturated rings. The Balaban J connectivity index is 2.36. The molecular weight excluding hydrogens is 268 g/mol. The number of benzene rings is 1. The van der Waals surface area contributed by atoms with Gasteiger partial charge in [0, 0.05) is 0 Å². The van der Waals surface area contributed by atoms with Gasteiger partial charge >= 0.3 is 0 Å². The highest BCUT2D eigenvalue weighted by Gasteiger charge is 2.17. The molecule has 0 saturated carbocycles. The van der Waals surface area contributed by atoms with Gasteiger partial charge in [0.15, 0.2) is 11.2 Å². The second-order valence-electron chi connectivity index (χ2n) is 4.47. The van der Waals surface area contributed by atoms with E-state index in [1.165, 1.54) is 13.4 Å². The summed E-state index contributed by atoms with van der Waals surface area (Å²) in [5.41, 5.74) is 9.29. The summed E-state index contributed by atoms with van der Waals surface area (Å²) in [5.74, 6) is 0.626. The summed E-state index contributed by atoms with van der Waals surface area (Å²) in [6.45, 7) is 1.93. The Hall–Kier alpha value is -3.14. The number of nitrogen functional groups attached to an aromatic ring is 1. The minimum absolute atomic E-state index is 0.266. The molecule has 0 bridgehead atoms. The van der Waals surface area contributed by atoms with Gasteiger partial charge in [-0.3, -0.25) is 4.57 Å². The number of imidazole rings is 1. The summed E-state index contributed by atoms with van der Waals surface area (Å²) in [4.78, 5) is 12.5. The Kier molecular flexibility index (Phi) is 2.92. The molecular formula is C14H12N6O. The number of methoxy groups -OCH3 is 1. The molecule has 0 spiro atoms. The second-order valence-corrected chi connectivity index (χ2v) is 4.47. The summed E-state index contributed by atoms with van der Waals surface area (Å²) in [6, 6.07) is 7.48. The van der Waals surface area contributed by atoms with Crippen molar-refractivity contribution < 1.29 is 4.74 Å². The maximum absolute atomic E-state index is 9.06. The topological polar surface area (TPSA) is 103 Å². The molecule has 0 atom stereocenters. The van der Waals surface area contributed by atoms with Gasteiger partial charge in [0.2, 0.25) is 11.8 Å². The lowest BCUT2D eigenvalue weighted by atomic mass is 10.1. The molecule has 2 heterocycles. The molecule has 3 rings (SSSR count). The SMILES string of the molecule is COc1ncnc2c1nc(N)n2-c1cc(C#N)ccc1C. The molecule has 7 heteroatoms. The van der Waals surface area contributed by atoms with Gasteiger partial charge in [-0.2, -0.15) is 10.2 Å².